The molecule has 1 atom stereocenters. The lowest BCUT2D eigenvalue weighted by Crippen LogP contribution is -2.14. The van der Waals surface area contributed by atoms with Crippen molar-refractivity contribution in [2.75, 3.05) is 13.3 Å². The summed E-state index contributed by atoms with van der Waals surface area (Å²) >= 11 is 0. The van der Waals surface area contributed by atoms with E-state index in [1.54, 1.807) is 0 Å². The predicted octanol–water partition coefficient (Wildman–Crippen LogP) is -0.375. The fourth-order valence-corrected chi connectivity index (χ4v) is 0.556. The monoisotopic (exact) mass is 147 g/mol. The van der Waals surface area contributed by atoms with Crippen LogP contribution in [-0.2, 0) is 15.6 Å². The Bertz CT molecular complexity index is 153. The molecule has 0 aliphatic carbocycles. The fourth-order valence-electron chi connectivity index (χ4n) is 0.241. The summed E-state index contributed by atoms with van der Waals surface area (Å²) in [5.41, 5.74) is 0. The molecule has 0 unspecified atom stereocenters. The second kappa shape index (κ2) is 4.26. The molecule has 1 N–H and O–H groups in total. The Hall–Kier alpha value is -0.640. The van der Waals surface area contributed by atoms with Gasteiger partial charge in [0, 0.05) is 35.6 Å². The summed E-state index contributed by atoms with van der Waals surface area (Å²) in [5.74, 6) is -0.231. The first kappa shape index (κ1) is 8.36. The van der Waals surface area contributed by atoms with Gasteiger partial charge in [0.1, 0.15) is 0 Å². The highest BCUT2D eigenvalue weighted by atomic mass is 32.2. The molecule has 0 radical (unpaired) electrons. The average Bonchev–Trinajstić information content (AvgIpc) is 1.83. The summed E-state index contributed by atoms with van der Waals surface area (Å²) < 4.78 is 10.3. The van der Waals surface area contributed by atoms with Crippen LogP contribution in [0, 0.1) is 0 Å². The second-order valence-electron chi connectivity index (χ2n) is 1.42. The Morgan fingerprint density at radius 1 is 1.67 bits per heavy atom. The molecular weight excluding hydrogens is 138 g/mol. The molecule has 1 amide bonds. The number of hydrogen-bond donors (Lipinski definition) is 1. The molecule has 3 nitrogen and oxygen atoms in total. The van der Waals surface area contributed by atoms with Crippen LogP contribution in [0.25, 0.3) is 0 Å². The van der Waals surface area contributed by atoms with E-state index in [2.05, 4.69) is 5.32 Å². The summed E-state index contributed by atoms with van der Waals surface area (Å²) in [6.07, 6.45) is 2.75. The van der Waals surface area contributed by atoms with E-state index in [0.29, 0.717) is 0 Å². The van der Waals surface area contributed by atoms with Crippen LogP contribution in [0.2, 0.25) is 0 Å². The van der Waals surface area contributed by atoms with Crippen LogP contribution in [-0.4, -0.2) is 23.4 Å². The minimum absolute atomic E-state index is 0.231. The molecule has 0 bridgehead atoms. The van der Waals surface area contributed by atoms with E-state index < -0.39 is 10.8 Å². The minimum atomic E-state index is -1.03. The first-order valence-electron chi connectivity index (χ1n) is 2.39. The standard InChI is InChI=1S/C5H9NO2S/c1-6-5(7)3-4-9(2)8/h3-4H,1-2H3,(H,6,7)/b4-3-/t9-/m1/s1. The number of rotatable bonds is 2. The predicted molar refractivity (Wildman–Crippen MR) is 37.3 cm³/mol. The highest BCUT2D eigenvalue weighted by Gasteiger charge is 1.86. The van der Waals surface area contributed by atoms with Gasteiger partial charge in [-0.05, 0) is 0 Å². The third kappa shape index (κ3) is 5.23. The average molecular weight is 147 g/mol. The minimum Gasteiger partial charge on any atom is -0.356 e. The van der Waals surface area contributed by atoms with Crippen LogP contribution in [0.5, 0.6) is 0 Å². The summed E-state index contributed by atoms with van der Waals surface area (Å²) in [7, 11) is 0.490. The van der Waals surface area contributed by atoms with Gasteiger partial charge in [-0.25, -0.2) is 0 Å². The van der Waals surface area contributed by atoms with Crippen molar-refractivity contribution in [3.63, 3.8) is 0 Å². The Morgan fingerprint density at radius 2 is 2.22 bits per heavy atom. The van der Waals surface area contributed by atoms with Crippen molar-refractivity contribution >= 4 is 16.7 Å². The molecule has 52 valence electrons. The summed E-state index contributed by atoms with van der Waals surface area (Å²) in [5, 5.41) is 3.69. The van der Waals surface area contributed by atoms with E-state index in [4.69, 9.17) is 0 Å². The van der Waals surface area contributed by atoms with Crippen molar-refractivity contribution < 1.29 is 9.00 Å². The van der Waals surface area contributed by atoms with E-state index in [1.165, 1.54) is 24.8 Å². The molecule has 4 heteroatoms. The van der Waals surface area contributed by atoms with Crippen molar-refractivity contribution in [2.45, 2.75) is 0 Å². The highest BCUT2D eigenvalue weighted by molar-refractivity contribution is 7.87. The van der Waals surface area contributed by atoms with Gasteiger partial charge in [-0.1, -0.05) is 0 Å². The molecule has 0 aromatic rings. The number of amides is 1. The number of nitrogens with one attached hydrogen (secondary N) is 1. The van der Waals surface area contributed by atoms with Gasteiger partial charge in [-0.2, -0.15) is 0 Å². The van der Waals surface area contributed by atoms with Crippen LogP contribution >= 0.6 is 0 Å². The summed E-state index contributed by atoms with van der Waals surface area (Å²) in [6.45, 7) is 0. The van der Waals surface area contributed by atoms with Gasteiger partial charge in [0.05, 0.1) is 0 Å². The third-order valence-electron chi connectivity index (χ3n) is 0.657. The quantitative estimate of drug-likeness (QED) is 0.541. The maximum absolute atomic E-state index is 10.4. The van der Waals surface area contributed by atoms with Gasteiger partial charge in [0.2, 0.25) is 5.91 Å². The lowest BCUT2D eigenvalue weighted by Gasteiger charge is -1.86. The fraction of sp³-hybridized carbons (Fsp3) is 0.400. The van der Waals surface area contributed by atoms with Gasteiger partial charge in [-0.3, -0.25) is 9.00 Å². The molecule has 0 aromatic heterocycles. The second-order valence-corrected chi connectivity index (χ2v) is 2.68. The van der Waals surface area contributed by atoms with Gasteiger partial charge >= 0.3 is 0 Å². The maximum atomic E-state index is 10.4. The molecule has 9 heavy (non-hydrogen) atoms. The van der Waals surface area contributed by atoms with E-state index in [9.17, 15) is 9.00 Å². The molecule has 0 saturated carbocycles. The van der Waals surface area contributed by atoms with Crippen molar-refractivity contribution in [1.29, 1.82) is 0 Å². The topological polar surface area (TPSA) is 46.2 Å². The number of likely N-dealkylation sites (N-methyl/N-ethyl adjacent to an activating group) is 1. The van der Waals surface area contributed by atoms with Gasteiger partial charge < -0.3 is 5.32 Å². The van der Waals surface area contributed by atoms with E-state index in [0.717, 1.165) is 0 Å². The lowest BCUT2D eigenvalue weighted by atomic mass is 10.6. The zero-order chi connectivity index (χ0) is 7.28. The van der Waals surface area contributed by atoms with Crippen molar-refractivity contribution in [1.82, 2.24) is 5.32 Å². The lowest BCUT2D eigenvalue weighted by molar-refractivity contribution is -0.116. The molecule has 0 fully saturated rings. The Kier molecular flexibility index (Phi) is 3.96. The molecule has 0 aliphatic rings. The van der Waals surface area contributed by atoms with Crippen LogP contribution in [0.1, 0.15) is 0 Å². The van der Waals surface area contributed by atoms with E-state index >= 15 is 0 Å². The summed E-state index contributed by atoms with van der Waals surface area (Å²) in [4.78, 5) is 10.4. The molecule has 0 spiro atoms. The normalized spacial score (nSPS) is 13.6. The van der Waals surface area contributed by atoms with E-state index in [1.807, 2.05) is 0 Å². The van der Waals surface area contributed by atoms with E-state index in [-0.39, 0.29) is 5.91 Å². The first-order chi connectivity index (χ1) is 4.16. The van der Waals surface area contributed by atoms with Crippen LogP contribution in [0.15, 0.2) is 11.5 Å². The third-order valence-corrected chi connectivity index (χ3v) is 1.18. The zero-order valence-corrected chi connectivity index (χ0v) is 6.20. The molecule has 0 aromatic carbocycles. The Balaban J connectivity index is 3.71. The number of carbonyl (C=O) groups is 1. The van der Waals surface area contributed by atoms with Crippen LogP contribution in [0.3, 0.4) is 0 Å². The van der Waals surface area contributed by atoms with Crippen LogP contribution in [0.4, 0.5) is 0 Å². The zero-order valence-electron chi connectivity index (χ0n) is 5.38. The highest BCUT2D eigenvalue weighted by Crippen LogP contribution is 1.76. The molecule has 0 saturated heterocycles. The Morgan fingerprint density at radius 3 is 2.56 bits per heavy atom. The SMILES string of the molecule is CNC(=O)/C=C\[S@@](C)=O. The molecule has 0 aliphatic heterocycles. The summed E-state index contributed by atoms with van der Waals surface area (Å²) in [6, 6.07) is 0. The van der Waals surface area contributed by atoms with Gasteiger partial charge in [-0.15, -0.1) is 0 Å². The van der Waals surface area contributed by atoms with Crippen LogP contribution < -0.4 is 5.32 Å². The smallest absolute Gasteiger partial charge is 0.244 e. The van der Waals surface area contributed by atoms with Crippen molar-refractivity contribution in [2.24, 2.45) is 0 Å². The molecular formula is C5H9NO2S. The van der Waals surface area contributed by atoms with Crippen molar-refractivity contribution in [3.8, 4) is 0 Å². The number of carbonyl (C=O) groups excluding carboxylic acids is 1. The van der Waals surface area contributed by atoms with Gasteiger partial charge in [0.15, 0.2) is 0 Å². The first-order valence-corrected chi connectivity index (χ1v) is 4.01. The van der Waals surface area contributed by atoms with Gasteiger partial charge in [0.25, 0.3) is 0 Å². The largest absolute Gasteiger partial charge is 0.356 e. The maximum Gasteiger partial charge on any atom is 0.244 e. The molecule has 0 heterocycles. The Labute approximate surface area is 56.6 Å². The molecule has 0 rings (SSSR count). The number of hydrogen-bond acceptors (Lipinski definition) is 2. The van der Waals surface area contributed by atoms with Crippen molar-refractivity contribution in [3.05, 3.63) is 11.5 Å².